The Hall–Kier alpha value is -0.590. The van der Waals surface area contributed by atoms with Crippen LogP contribution < -0.4 is 0 Å². The van der Waals surface area contributed by atoms with E-state index in [1.165, 1.54) is 31.0 Å². The summed E-state index contributed by atoms with van der Waals surface area (Å²) in [6, 6.07) is 5.24. The Kier molecular flexibility index (Phi) is 5.65. The molecule has 0 spiro atoms. The molecule has 1 aromatic rings. The predicted molar refractivity (Wildman–Crippen MR) is 102 cm³/mol. The molecular formula is C16H16Cl2N2OS2. The quantitative estimate of drug-likeness (QED) is 0.557. The molecule has 7 heteroatoms. The van der Waals surface area contributed by atoms with Gasteiger partial charge in [0.2, 0.25) is 0 Å². The molecule has 2 aliphatic rings. The van der Waals surface area contributed by atoms with Crippen molar-refractivity contribution >= 4 is 63.5 Å². The summed E-state index contributed by atoms with van der Waals surface area (Å²) in [5.74, 6) is -0.0448. The van der Waals surface area contributed by atoms with Crippen molar-refractivity contribution in [1.82, 2.24) is 9.80 Å². The van der Waals surface area contributed by atoms with Crippen LogP contribution in [0.3, 0.4) is 0 Å². The van der Waals surface area contributed by atoms with E-state index in [-0.39, 0.29) is 5.91 Å². The minimum absolute atomic E-state index is 0.0448. The number of carbonyl (C=O) groups is 1. The smallest absolute Gasteiger partial charge is 0.267 e. The topological polar surface area (TPSA) is 23.6 Å². The van der Waals surface area contributed by atoms with E-state index < -0.39 is 0 Å². The monoisotopic (exact) mass is 386 g/mol. The molecule has 122 valence electrons. The first-order valence-electron chi connectivity index (χ1n) is 7.47. The lowest BCUT2D eigenvalue weighted by molar-refractivity contribution is -0.123. The van der Waals surface area contributed by atoms with Gasteiger partial charge in [0.1, 0.15) is 4.32 Å². The molecule has 0 aromatic heterocycles. The standard InChI is InChI=1S/C16H16Cl2N2OS2/c17-12-5-4-11(13(18)9-12)8-14-15(21)20(16(22)23-14)10-19-6-2-1-3-7-19/h4-5,8-9H,1-3,6-7,10H2. The molecule has 3 nitrogen and oxygen atoms in total. The Morgan fingerprint density at radius 2 is 1.96 bits per heavy atom. The lowest BCUT2D eigenvalue weighted by Gasteiger charge is -2.29. The Morgan fingerprint density at radius 3 is 2.65 bits per heavy atom. The van der Waals surface area contributed by atoms with Crippen LogP contribution in [0.25, 0.3) is 6.08 Å². The van der Waals surface area contributed by atoms with E-state index >= 15 is 0 Å². The number of thiocarbonyl (C=S) groups is 1. The van der Waals surface area contributed by atoms with Crippen LogP contribution >= 0.6 is 47.2 Å². The fraction of sp³-hybridized carbons (Fsp3) is 0.375. The fourth-order valence-electron chi connectivity index (χ4n) is 2.68. The van der Waals surface area contributed by atoms with Gasteiger partial charge in [0.05, 0.1) is 11.6 Å². The van der Waals surface area contributed by atoms with Crippen molar-refractivity contribution in [1.29, 1.82) is 0 Å². The second-order valence-electron chi connectivity index (χ2n) is 5.60. The van der Waals surface area contributed by atoms with Crippen LogP contribution in [0, 0.1) is 0 Å². The zero-order valence-electron chi connectivity index (χ0n) is 12.4. The molecule has 2 fully saturated rings. The van der Waals surface area contributed by atoms with Crippen molar-refractivity contribution in [3.05, 3.63) is 38.7 Å². The van der Waals surface area contributed by atoms with Crippen molar-refractivity contribution in [2.24, 2.45) is 0 Å². The summed E-state index contributed by atoms with van der Waals surface area (Å²) in [7, 11) is 0. The number of rotatable bonds is 3. The van der Waals surface area contributed by atoms with E-state index in [1.54, 1.807) is 23.1 Å². The highest BCUT2D eigenvalue weighted by atomic mass is 35.5. The van der Waals surface area contributed by atoms with Crippen molar-refractivity contribution in [2.75, 3.05) is 19.8 Å². The van der Waals surface area contributed by atoms with E-state index in [1.807, 2.05) is 6.07 Å². The molecule has 23 heavy (non-hydrogen) atoms. The maximum Gasteiger partial charge on any atom is 0.267 e. The van der Waals surface area contributed by atoms with Crippen molar-refractivity contribution in [2.45, 2.75) is 19.3 Å². The molecule has 0 bridgehead atoms. The summed E-state index contributed by atoms with van der Waals surface area (Å²) in [6.45, 7) is 2.63. The maximum absolute atomic E-state index is 12.6. The van der Waals surface area contributed by atoms with Gasteiger partial charge < -0.3 is 0 Å². The van der Waals surface area contributed by atoms with E-state index in [4.69, 9.17) is 35.4 Å². The van der Waals surface area contributed by atoms with Gasteiger partial charge in [0.15, 0.2) is 0 Å². The number of piperidine rings is 1. The van der Waals surface area contributed by atoms with Gasteiger partial charge in [0.25, 0.3) is 5.91 Å². The molecule has 3 rings (SSSR count). The zero-order valence-corrected chi connectivity index (χ0v) is 15.6. The largest absolute Gasteiger partial charge is 0.286 e. The van der Waals surface area contributed by atoms with Gasteiger partial charge in [0, 0.05) is 10.0 Å². The normalized spacial score (nSPS) is 21.5. The SMILES string of the molecule is O=C1C(=Cc2ccc(Cl)cc2Cl)SC(=S)N1CN1CCCCC1. The van der Waals surface area contributed by atoms with E-state index in [0.29, 0.717) is 25.9 Å². The van der Waals surface area contributed by atoms with Crippen molar-refractivity contribution in [3.8, 4) is 0 Å². The highest BCUT2D eigenvalue weighted by Gasteiger charge is 2.33. The summed E-state index contributed by atoms with van der Waals surface area (Å²) in [5, 5.41) is 1.10. The molecule has 1 amide bonds. The molecule has 1 aromatic carbocycles. The highest BCUT2D eigenvalue weighted by Crippen LogP contribution is 2.34. The summed E-state index contributed by atoms with van der Waals surface area (Å²) in [4.78, 5) is 17.2. The molecule has 0 N–H and O–H groups in total. The molecule has 2 saturated heterocycles. The number of hydrogen-bond donors (Lipinski definition) is 0. The summed E-state index contributed by atoms with van der Waals surface area (Å²) < 4.78 is 0.608. The summed E-state index contributed by atoms with van der Waals surface area (Å²) >= 11 is 18.8. The number of carbonyl (C=O) groups excluding carboxylic acids is 1. The van der Waals surface area contributed by atoms with Gasteiger partial charge in [-0.25, -0.2) is 0 Å². The van der Waals surface area contributed by atoms with Crippen LogP contribution in [0.4, 0.5) is 0 Å². The maximum atomic E-state index is 12.6. The number of thioether (sulfide) groups is 1. The zero-order chi connectivity index (χ0) is 16.4. The van der Waals surface area contributed by atoms with Crippen LogP contribution in [-0.4, -0.2) is 39.8 Å². The molecule has 0 radical (unpaired) electrons. The van der Waals surface area contributed by atoms with E-state index in [0.717, 1.165) is 18.7 Å². The molecule has 2 heterocycles. The average Bonchev–Trinajstić information content (AvgIpc) is 2.79. The first-order valence-corrected chi connectivity index (χ1v) is 9.45. The Morgan fingerprint density at radius 1 is 1.22 bits per heavy atom. The lowest BCUT2D eigenvalue weighted by Crippen LogP contribution is -2.42. The number of benzene rings is 1. The minimum Gasteiger partial charge on any atom is -0.286 e. The highest BCUT2D eigenvalue weighted by molar-refractivity contribution is 8.26. The molecular weight excluding hydrogens is 371 g/mol. The van der Waals surface area contributed by atoms with Gasteiger partial charge >= 0.3 is 0 Å². The Labute approximate surface area is 155 Å². The predicted octanol–water partition coefficient (Wildman–Crippen LogP) is 4.64. The third-order valence-corrected chi connectivity index (χ3v) is 5.85. The number of likely N-dealkylation sites (tertiary alicyclic amines) is 1. The van der Waals surface area contributed by atoms with Crippen molar-refractivity contribution < 1.29 is 4.79 Å². The number of amides is 1. The third-order valence-electron chi connectivity index (χ3n) is 3.91. The number of hydrogen-bond acceptors (Lipinski definition) is 4. The van der Waals surface area contributed by atoms with Crippen LogP contribution in [0.15, 0.2) is 23.1 Å². The van der Waals surface area contributed by atoms with E-state index in [2.05, 4.69) is 4.90 Å². The van der Waals surface area contributed by atoms with Gasteiger partial charge in [-0.15, -0.1) is 0 Å². The van der Waals surface area contributed by atoms with Crippen LogP contribution in [0.2, 0.25) is 10.0 Å². The molecule has 2 aliphatic heterocycles. The van der Waals surface area contributed by atoms with Gasteiger partial charge in [-0.2, -0.15) is 0 Å². The Balaban J connectivity index is 1.76. The first kappa shape index (κ1) is 17.2. The van der Waals surface area contributed by atoms with Crippen LogP contribution in [0.1, 0.15) is 24.8 Å². The third kappa shape index (κ3) is 4.09. The molecule has 0 unspecified atom stereocenters. The summed E-state index contributed by atoms with van der Waals surface area (Å²) in [5.41, 5.74) is 0.773. The van der Waals surface area contributed by atoms with E-state index in [9.17, 15) is 4.79 Å². The second-order valence-corrected chi connectivity index (χ2v) is 8.12. The van der Waals surface area contributed by atoms with Crippen LogP contribution in [-0.2, 0) is 4.79 Å². The van der Waals surface area contributed by atoms with Gasteiger partial charge in [-0.1, -0.05) is 59.7 Å². The first-order chi connectivity index (χ1) is 11.0. The number of nitrogens with zero attached hydrogens (tertiary/aromatic N) is 2. The second kappa shape index (κ2) is 7.53. The van der Waals surface area contributed by atoms with Gasteiger partial charge in [-0.3, -0.25) is 14.6 Å². The average molecular weight is 387 g/mol. The molecule has 0 saturated carbocycles. The Bertz CT molecular complexity index is 672. The van der Waals surface area contributed by atoms with Crippen LogP contribution in [0.5, 0.6) is 0 Å². The number of halogens is 2. The summed E-state index contributed by atoms with van der Waals surface area (Å²) in [6.07, 6.45) is 5.42. The molecule has 0 aliphatic carbocycles. The van der Waals surface area contributed by atoms with Crippen molar-refractivity contribution in [3.63, 3.8) is 0 Å². The lowest BCUT2D eigenvalue weighted by atomic mass is 10.1. The molecule has 0 atom stereocenters. The fourth-order valence-corrected chi connectivity index (χ4v) is 4.38. The van der Waals surface area contributed by atoms with Gasteiger partial charge in [-0.05, 0) is 49.7 Å². The minimum atomic E-state index is -0.0448.